The summed E-state index contributed by atoms with van der Waals surface area (Å²) in [7, 11) is 0. The van der Waals surface area contributed by atoms with Crippen LogP contribution in [0.3, 0.4) is 0 Å². The van der Waals surface area contributed by atoms with Crippen molar-refractivity contribution < 1.29 is 29.3 Å². The predicted molar refractivity (Wildman–Crippen MR) is 146 cm³/mol. The van der Waals surface area contributed by atoms with Crippen molar-refractivity contribution in [2.45, 2.75) is 55.2 Å². The summed E-state index contributed by atoms with van der Waals surface area (Å²) in [4.78, 5) is 34.0. The van der Waals surface area contributed by atoms with E-state index in [1.165, 1.54) is 11.8 Å². The zero-order valence-corrected chi connectivity index (χ0v) is 22.7. The molecule has 0 saturated heterocycles. The number of hydrogen-bond donors (Lipinski definition) is 5. The number of fused-ring (bicyclic) bond motifs is 3. The number of rotatable bonds is 8. The Morgan fingerprint density at radius 2 is 1.47 bits per heavy atom. The van der Waals surface area contributed by atoms with Crippen molar-refractivity contribution in [3.05, 3.63) is 59.7 Å². The molecule has 0 bridgehead atoms. The molecule has 0 aliphatic heterocycles. The van der Waals surface area contributed by atoms with Gasteiger partial charge in [0.25, 0.3) is 0 Å². The summed E-state index contributed by atoms with van der Waals surface area (Å²) >= 11 is 5.36. The third-order valence-corrected chi connectivity index (χ3v) is 7.67. The number of nitrogens with one attached hydrogen (secondary N) is 1. The Morgan fingerprint density at radius 1 is 1.00 bits per heavy atom. The van der Waals surface area contributed by atoms with Crippen LogP contribution in [0.1, 0.15) is 44.7 Å². The van der Waals surface area contributed by atoms with E-state index in [2.05, 4.69) is 30.1 Å². The number of ether oxygens (including phenoxy) is 1. The standard InChI is InChI=1S/C21H23NO4S.C5H11NO2S/c1-21(2,27-3)18(19(23)24)22-20(25)26-12-17-15-10-6-4-8-13(15)14-9-5-7-11-16(14)17;1-5(2,9)3(6)4(7)8/h4-11,17-18H,12H2,1-3H3,(H,22,25)(H,23,24);3,9H,6H2,1-2H3,(H,7,8)/t18-;3-/m11/s1. The molecule has 0 saturated carbocycles. The third kappa shape index (κ3) is 7.18. The van der Waals surface area contributed by atoms with E-state index in [9.17, 15) is 19.5 Å². The Labute approximate surface area is 221 Å². The van der Waals surface area contributed by atoms with E-state index >= 15 is 0 Å². The van der Waals surface area contributed by atoms with Gasteiger partial charge in [0.1, 0.15) is 18.7 Å². The first-order valence-electron chi connectivity index (χ1n) is 11.3. The molecule has 2 atom stereocenters. The molecule has 0 spiro atoms. The van der Waals surface area contributed by atoms with Crippen LogP contribution >= 0.6 is 24.4 Å². The molecule has 1 amide bonds. The van der Waals surface area contributed by atoms with Crippen molar-refractivity contribution in [1.82, 2.24) is 5.32 Å². The van der Waals surface area contributed by atoms with E-state index in [4.69, 9.17) is 15.6 Å². The van der Waals surface area contributed by atoms with Gasteiger partial charge in [-0.05, 0) is 56.2 Å². The number of carbonyl (C=O) groups is 3. The molecular weight excluding hydrogens is 500 g/mol. The number of hydrogen-bond acceptors (Lipinski definition) is 7. The number of nitrogens with two attached hydrogens (primary N) is 1. The van der Waals surface area contributed by atoms with Crippen LogP contribution in [0.5, 0.6) is 0 Å². The minimum absolute atomic E-state index is 0.0556. The van der Waals surface area contributed by atoms with Crippen molar-refractivity contribution in [1.29, 1.82) is 0 Å². The third-order valence-electron chi connectivity index (χ3n) is 6.10. The maximum Gasteiger partial charge on any atom is 0.407 e. The monoisotopic (exact) mass is 534 g/mol. The lowest BCUT2D eigenvalue weighted by Crippen LogP contribution is -2.52. The maximum atomic E-state index is 12.3. The molecule has 10 heteroatoms. The average Bonchev–Trinajstić information content (AvgIpc) is 3.14. The molecule has 0 radical (unpaired) electrons. The number of aliphatic carboxylic acids is 2. The maximum absolute atomic E-state index is 12.3. The summed E-state index contributed by atoms with van der Waals surface area (Å²) in [5.74, 6) is -2.15. The summed E-state index contributed by atoms with van der Waals surface area (Å²) in [6.45, 7) is 7.04. The Kier molecular flexibility index (Phi) is 9.87. The van der Waals surface area contributed by atoms with Crippen molar-refractivity contribution in [3.8, 4) is 11.1 Å². The zero-order chi connectivity index (χ0) is 27.3. The van der Waals surface area contributed by atoms with E-state index in [-0.39, 0.29) is 12.5 Å². The Bertz CT molecular complexity index is 1050. The first-order valence-corrected chi connectivity index (χ1v) is 13.0. The summed E-state index contributed by atoms with van der Waals surface area (Å²) in [6, 6.07) is 14.2. The number of thioether (sulfide) groups is 1. The van der Waals surface area contributed by atoms with Gasteiger partial charge in [0, 0.05) is 15.4 Å². The molecule has 1 aliphatic rings. The van der Waals surface area contributed by atoms with Crippen LogP contribution in [0.15, 0.2) is 48.5 Å². The van der Waals surface area contributed by atoms with Crippen molar-refractivity contribution in [3.63, 3.8) is 0 Å². The molecule has 2 aromatic rings. The van der Waals surface area contributed by atoms with Crippen LogP contribution in [-0.2, 0) is 14.3 Å². The first kappa shape index (κ1) is 29.5. The fourth-order valence-corrected chi connectivity index (χ4v) is 4.22. The molecule has 1 aliphatic carbocycles. The van der Waals surface area contributed by atoms with Crippen LogP contribution in [0.2, 0.25) is 0 Å². The van der Waals surface area contributed by atoms with Gasteiger partial charge in [0.2, 0.25) is 0 Å². The number of carboxylic acid groups (broad SMARTS) is 2. The van der Waals surface area contributed by atoms with Gasteiger partial charge in [-0.2, -0.15) is 24.4 Å². The van der Waals surface area contributed by atoms with E-state index in [0.717, 1.165) is 22.3 Å². The van der Waals surface area contributed by atoms with E-state index in [0.29, 0.717) is 0 Å². The minimum Gasteiger partial charge on any atom is -0.480 e. The number of benzene rings is 2. The SMILES string of the molecule is CC(C)(S)[C@H](N)C(=O)O.CSC(C)(C)[C@H](NC(=O)OCC1c2ccccc2-c2ccccc21)C(=O)O. The molecule has 0 aromatic heterocycles. The normalized spacial score (nSPS) is 14.4. The fourth-order valence-electron chi connectivity index (χ4n) is 3.71. The lowest BCUT2D eigenvalue weighted by atomic mass is 9.98. The van der Waals surface area contributed by atoms with Gasteiger partial charge in [-0.25, -0.2) is 9.59 Å². The van der Waals surface area contributed by atoms with Crippen LogP contribution in [0.4, 0.5) is 4.79 Å². The predicted octanol–water partition coefficient (Wildman–Crippen LogP) is 4.23. The number of amides is 1. The molecule has 36 heavy (non-hydrogen) atoms. The molecule has 5 N–H and O–H groups in total. The van der Waals surface area contributed by atoms with Gasteiger partial charge < -0.3 is 26.0 Å². The van der Waals surface area contributed by atoms with E-state index in [1.54, 1.807) is 27.7 Å². The second-order valence-electron chi connectivity index (χ2n) is 9.52. The van der Waals surface area contributed by atoms with Crippen molar-refractivity contribution in [2.75, 3.05) is 12.9 Å². The Morgan fingerprint density at radius 3 is 1.83 bits per heavy atom. The average molecular weight is 535 g/mol. The van der Waals surface area contributed by atoms with Gasteiger partial charge in [0.15, 0.2) is 0 Å². The van der Waals surface area contributed by atoms with Gasteiger partial charge >= 0.3 is 18.0 Å². The highest BCUT2D eigenvalue weighted by atomic mass is 32.2. The molecular formula is C26H34N2O6S2. The van der Waals surface area contributed by atoms with Crippen LogP contribution in [-0.4, -0.2) is 62.7 Å². The summed E-state index contributed by atoms with van der Waals surface area (Å²) in [5, 5.41) is 20.3. The fraction of sp³-hybridized carbons (Fsp3) is 0.423. The van der Waals surface area contributed by atoms with Gasteiger partial charge in [-0.1, -0.05) is 48.5 Å². The van der Waals surface area contributed by atoms with Crippen molar-refractivity contribution >= 4 is 42.4 Å². The lowest BCUT2D eigenvalue weighted by molar-refractivity contribution is -0.140. The topological polar surface area (TPSA) is 139 Å². The van der Waals surface area contributed by atoms with Crippen LogP contribution in [0, 0.1) is 0 Å². The first-order chi connectivity index (χ1) is 16.7. The number of carbonyl (C=O) groups excluding carboxylic acids is 1. The molecule has 196 valence electrons. The highest BCUT2D eigenvalue weighted by Gasteiger charge is 2.37. The minimum atomic E-state index is -1.08. The second-order valence-corrected chi connectivity index (χ2v) is 12.1. The molecule has 0 fully saturated rings. The lowest BCUT2D eigenvalue weighted by Gasteiger charge is -2.29. The van der Waals surface area contributed by atoms with Crippen LogP contribution < -0.4 is 11.1 Å². The number of thiol groups is 1. The van der Waals surface area contributed by atoms with E-state index < -0.39 is 39.6 Å². The van der Waals surface area contributed by atoms with Gasteiger partial charge in [0.05, 0.1) is 0 Å². The van der Waals surface area contributed by atoms with Gasteiger partial charge in [-0.15, -0.1) is 0 Å². The largest absolute Gasteiger partial charge is 0.480 e. The molecule has 8 nitrogen and oxygen atoms in total. The smallest absolute Gasteiger partial charge is 0.407 e. The number of alkyl carbamates (subject to hydrolysis) is 1. The summed E-state index contributed by atoms with van der Waals surface area (Å²) < 4.78 is 4.14. The molecule has 0 unspecified atom stereocenters. The molecule has 0 heterocycles. The highest BCUT2D eigenvalue weighted by molar-refractivity contribution is 8.00. The Balaban J connectivity index is 0.000000434. The van der Waals surface area contributed by atoms with Crippen LogP contribution in [0.25, 0.3) is 11.1 Å². The Hall–Kier alpha value is -2.69. The summed E-state index contributed by atoms with van der Waals surface area (Å²) in [5.41, 5.74) is 9.74. The quantitative estimate of drug-likeness (QED) is 0.317. The zero-order valence-electron chi connectivity index (χ0n) is 21.0. The van der Waals surface area contributed by atoms with Crippen molar-refractivity contribution in [2.24, 2.45) is 5.73 Å². The molecule has 3 rings (SSSR count). The molecule has 2 aromatic carbocycles. The van der Waals surface area contributed by atoms with Gasteiger partial charge in [-0.3, -0.25) is 4.79 Å². The highest BCUT2D eigenvalue weighted by Crippen LogP contribution is 2.44. The number of carboxylic acids is 2. The summed E-state index contributed by atoms with van der Waals surface area (Å²) in [6.07, 6.45) is 1.10. The van der Waals surface area contributed by atoms with E-state index in [1.807, 2.05) is 42.7 Å². The second kappa shape index (κ2) is 12.0.